The first kappa shape index (κ1) is 32.7. The Morgan fingerprint density at radius 2 is 1.73 bits per heavy atom. The highest BCUT2D eigenvalue weighted by molar-refractivity contribution is 6.09. The van der Waals surface area contributed by atoms with Gasteiger partial charge in [-0.15, -0.1) is 0 Å². The first-order chi connectivity index (χ1) is 21.3. The largest absolute Gasteiger partial charge is 0.417 e. The van der Waals surface area contributed by atoms with E-state index in [1.807, 2.05) is 7.05 Å². The quantitative estimate of drug-likeness (QED) is 0.288. The Balaban J connectivity index is 1.51. The minimum absolute atomic E-state index is 0.00235. The van der Waals surface area contributed by atoms with Gasteiger partial charge in [-0.3, -0.25) is 9.69 Å². The maximum absolute atomic E-state index is 15.9. The van der Waals surface area contributed by atoms with E-state index < -0.39 is 34.9 Å². The molecule has 0 radical (unpaired) electrons. The standard InChI is InChI=1S/C34H40F5N5O/c1-20-14-28(34(37,38)39)26(16-40-20)33(45)42-30-15-23(10-13-31(30)44-18-21(2)43(4)22(3)19-44)25-11-12-29(35)27(32(25)36)17-41-24-8-6-5-7-9-24/h10-16,21-22,24,40-41H,1,5-9,17-19H2,2-4H3,(H,42,45)/t21-,22+. The molecule has 5 rings (SSSR count). The normalized spacial score (nSPS) is 21.7. The van der Waals surface area contributed by atoms with Gasteiger partial charge in [-0.2, -0.15) is 13.2 Å². The second kappa shape index (κ2) is 13.3. The molecule has 6 nitrogen and oxygen atoms in total. The molecule has 45 heavy (non-hydrogen) atoms. The number of alkyl halides is 3. The van der Waals surface area contributed by atoms with Crippen molar-refractivity contribution >= 4 is 17.3 Å². The lowest BCUT2D eigenvalue weighted by atomic mass is 9.95. The number of carbonyl (C=O) groups is 1. The molecular formula is C34H40F5N5O. The van der Waals surface area contributed by atoms with Gasteiger partial charge in [0.15, 0.2) is 0 Å². The van der Waals surface area contributed by atoms with Gasteiger partial charge in [-0.1, -0.05) is 31.9 Å². The number of hydrogen-bond donors (Lipinski definition) is 3. The van der Waals surface area contributed by atoms with E-state index in [1.165, 1.54) is 12.1 Å². The zero-order valence-corrected chi connectivity index (χ0v) is 25.8. The predicted molar refractivity (Wildman–Crippen MR) is 168 cm³/mol. The topological polar surface area (TPSA) is 59.6 Å². The number of rotatable bonds is 7. The molecular weight excluding hydrogens is 589 g/mol. The zero-order chi connectivity index (χ0) is 32.5. The minimum atomic E-state index is -4.79. The van der Waals surface area contributed by atoms with Gasteiger partial charge in [0, 0.05) is 60.8 Å². The van der Waals surface area contributed by atoms with E-state index in [2.05, 4.69) is 46.2 Å². The Morgan fingerprint density at radius 3 is 2.40 bits per heavy atom. The molecule has 0 aromatic heterocycles. The Morgan fingerprint density at radius 1 is 1.04 bits per heavy atom. The molecule has 2 fully saturated rings. The SMILES string of the molecule is C=C1C=C(C(F)(F)F)C(C(=O)Nc2cc(-c3ccc(F)c(CNC4CCCCC4)c3F)ccc2N2C[C@@H](C)N(C)[C@@H](C)C2)=CN1. The number of halogens is 5. The third-order valence-electron chi connectivity index (χ3n) is 9.18. The average Bonchev–Trinajstić information content (AvgIpc) is 2.99. The van der Waals surface area contributed by atoms with E-state index in [0.29, 0.717) is 24.3 Å². The summed E-state index contributed by atoms with van der Waals surface area (Å²) in [5.74, 6) is -2.36. The summed E-state index contributed by atoms with van der Waals surface area (Å²) in [6, 6.07) is 8.05. The van der Waals surface area contributed by atoms with E-state index in [9.17, 15) is 22.4 Å². The molecule has 1 amide bonds. The van der Waals surface area contributed by atoms with Gasteiger partial charge in [-0.25, -0.2) is 8.78 Å². The van der Waals surface area contributed by atoms with E-state index >= 15 is 4.39 Å². The summed E-state index contributed by atoms with van der Waals surface area (Å²) in [4.78, 5) is 17.7. The monoisotopic (exact) mass is 629 g/mol. The van der Waals surface area contributed by atoms with Crippen LogP contribution in [0.3, 0.4) is 0 Å². The third-order valence-corrected chi connectivity index (χ3v) is 9.18. The predicted octanol–water partition coefficient (Wildman–Crippen LogP) is 7.01. The van der Waals surface area contributed by atoms with Gasteiger partial charge in [-0.05, 0) is 69.6 Å². The van der Waals surface area contributed by atoms with Gasteiger partial charge >= 0.3 is 6.18 Å². The average molecular weight is 630 g/mol. The lowest BCUT2D eigenvalue weighted by molar-refractivity contribution is -0.115. The van der Waals surface area contributed by atoms with Crippen LogP contribution < -0.4 is 20.9 Å². The molecule has 1 aliphatic carbocycles. The van der Waals surface area contributed by atoms with Gasteiger partial charge in [0.25, 0.3) is 5.91 Å². The Hall–Kier alpha value is -3.70. The fraction of sp³-hybridized carbons (Fsp3) is 0.441. The van der Waals surface area contributed by atoms with Crippen molar-refractivity contribution in [3.05, 3.63) is 83.2 Å². The maximum Gasteiger partial charge on any atom is 0.417 e. The number of amides is 1. The molecule has 0 unspecified atom stereocenters. The van der Waals surface area contributed by atoms with Crippen molar-refractivity contribution in [2.75, 3.05) is 30.4 Å². The highest BCUT2D eigenvalue weighted by Gasteiger charge is 2.40. The second-order valence-corrected chi connectivity index (χ2v) is 12.3. The van der Waals surface area contributed by atoms with Crippen molar-refractivity contribution < 1.29 is 26.7 Å². The number of carbonyl (C=O) groups excluding carboxylic acids is 1. The molecule has 1 saturated heterocycles. The van der Waals surface area contributed by atoms with Crippen LogP contribution in [-0.2, 0) is 11.3 Å². The van der Waals surface area contributed by atoms with Crippen molar-refractivity contribution in [3.63, 3.8) is 0 Å². The molecule has 0 spiro atoms. The van der Waals surface area contributed by atoms with Gasteiger partial charge in [0.2, 0.25) is 0 Å². The summed E-state index contributed by atoms with van der Waals surface area (Å²) in [6.07, 6.45) is 2.22. The van der Waals surface area contributed by atoms with E-state index in [0.717, 1.165) is 44.4 Å². The molecule has 2 aromatic rings. The summed E-state index contributed by atoms with van der Waals surface area (Å²) in [6.45, 7) is 8.89. The summed E-state index contributed by atoms with van der Waals surface area (Å²) >= 11 is 0. The van der Waals surface area contributed by atoms with Crippen molar-refractivity contribution in [2.24, 2.45) is 0 Å². The number of likely N-dealkylation sites (N-methyl/N-ethyl adjacent to an activating group) is 1. The molecule has 3 aliphatic rings. The molecule has 11 heteroatoms. The van der Waals surface area contributed by atoms with Crippen molar-refractivity contribution in [1.82, 2.24) is 15.5 Å². The lowest BCUT2D eigenvalue weighted by Gasteiger charge is -2.44. The molecule has 2 heterocycles. The molecule has 0 bridgehead atoms. The van der Waals surface area contributed by atoms with Crippen LogP contribution >= 0.6 is 0 Å². The Bertz CT molecular complexity index is 1500. The smallest absolute Gasteiger partial charge is 0.367 e. The number of nitrogens with zero attached hydrogens (tertiary/aromatic N) is 2. The summed E-state index contributed by atoms with van der Waals surface area (Å²) < 4.78 is 72.5. The number of hydrogen-bond acceptors (Lipinski definition) is 5. The van der Waals surface area contributed by atoms with E-state index in [1.54, 1.807) is 18.2 Å². The minimum Gasteiger partial charge on any atom is -0.367 e. The number of allylic oxidation sites excluding steroid dienone is 1. The fourth-order valence-corrected chi connectivity index (χ4v) is 6.36. The Labute approximate surface area is 261 Å². The summed E-state index contributed by atoms with van der Waals surface area (Å²) in [7, 11) is 2.03. The van der Waals surface area contributed by atoms with Crippen LogP contribution in [0.1, 0.15) is 51.5 Å². The van der Waals surface area contributed by atoms with Crippen molar-refractivity contribution in [3.8, 4) is 11.1 Å². The van der Waals surface area contributed by atoms with Crippen LogP contribution in [0.2, 0.25) is 0 Å². The van der Waals surface area contributed by atoms with Crippen LogP contribution in [0.15, 0.2) is 66.0 Å². The number of nitrogens with one attached hydrogen (secondary N) is 3. The molecule has 242 valence electrons. The summed E-state index contributed by atoms with van der Waals surface area (Å²) in [5.41, 5.74) is -0.499. The highest BCUT2D eigenvalue weighted by atomic mass is 19.4. The molecule has 2 aliphatic heterocycles. The van der Waals surface area contributed by atoms with Crippen molar-refractivity contribution in [2.45, 2.75) is 76.8 Å². The number of anilines is 2. The van der Waals surface area contributed by atoms with Gasteiger partial charge in [0.1, 0.15) is 11.6 Å². The molecule has 3 N–H and O–H groups in total. The lowest BCUT2D eigenvalue weighted by Crippen LogP contribution is -2.55. The van der Waals surface area contributed by atoms with Crippen molar-refractivity contribution in [1.29, 1.82) is 0 Å². The molecule has 2 aromatic carbocycles. The molecule has 1 saturated carbocycles. The zero-order valence-electron chi connectivity index (χ0n) is 25.8. The first-order valence-electron chi connectivity index (χ1n) is 15.4. The van der Waals surface area contributed by atoms with E-state index in [-0.39, 0.29) is 47.2 Å². The van der Waals surface area contributed by atoms with Crippen LogP contribution in [0.25, 0.3) is 11.1 Å². The third kappa shape index (κ3) is 7.25. The number of dihydropyridines is 1. The number of piperazine rings is 1. The maximum atomic E-state index is 15.9. The summed E-state index contributed by atoms with van der Waals surface area (Å²) in [5, 5.41) is 8.56. The van der Waals surface area contributed by atoms with E-state index in [4.69, 9.17) is 0 Å². The molecule has 2 atom stereocenters. The second-order valence-electron chi connectivity index (χ2n) is 12.3. The van der Waals surface area contributed by atoms with Crippen LogP contribution in [0.5, 0.6) is 0 Å². The fourth-order valence-electron chi connectivity index (χ4n) is 6.36. The number of benzene rings is 2. The van der Waals surface area contributed by atoms with Crippen LogP contribution in [-0.4, -0.2) is 55.2 Å². The Kier molecular flexibility index (Phi) is 9.69. The first-order valence-corrected chi connectivity index (χ1v) is 15.4. The van der Waals surface area contributed by atoms with Crippen LogP contribution in [0, 0.1) is 11.6 Å². The van der Waals surface area contributed by atoms with Crippen LogP contribution in [0.4, 0.5) is 33.3 Å². The highest BCUT2D eigenvalue weighted by Crippen LogP contribution is 2.38. The van der Waals surface area contributed by atoms with Gasteiger partial charge in [0.05, 0.1) is 22.5 Å². The van der Waals surface area contributed by atoms with Gasteiger partial charge < -0.3 is 20.9 Å².